The molecule has 1 aliphatic heterocycles. The van der Waals surface area contributed by atoms with Crippen LogP contribution in [0.25, 0.3) is 0 Å². The quantitative estimate of drug-likeness (QED) is 0.473. The molecule has 0 atom stereocenters. The highest BCUT2D eigenvalue weighted by Gasteiger charge is 2.32. The number of aromatic nitrogens is 1. The Morgan fingerprint density at radius 2 is 2.27 bits per heavy atom. The Labute approximate surface area is 92.8 Å². The maximum Gasteiger partial charge on any atom is 0.389 e. The standard InChI is InChI=1S/C6H4BrN3O4S/c7-4-1-3-2-15(13,14)9-5(3)6(8-4)10(11)12/h1,9H,2H2. The van der Waals surface area contributed by atoms with Crippen molar-refractivity contribution in [2.24, 2.45) is 0 Å². The number of pyridine rings is 1. The van der Waals surface area contributed by atoms with Crippen LogP contribution in [0.3, 0.4) is 0 Å². The minimum absolute atomic E-state index is 0.0387. The first kappa shape index (κ1) is 10.3. The van der Waals surface area contributed by atoms with Crippen LogP contribution in [0.4, 0.5) is 11.5 Å². The van der Waals surface area contributed by atoms with E-state index in [4.69, 9.17) is 0 Å². The summed E-state index contributed by atoms with van der Waals surface area (Å²) in [4.78, 5) is 13.5. The number of sulfonamides is 1. The number of nitrogens with zero attached hydrogens (tertiary/aromatic N) is 2. The fraction of sp³-hybridized carbons (Fsp3) is 0.167. The van der Waals surface area contributed by atoms with Gasteiger partial charge >= 0.3 is 5.82 Å². The van der Waals surface area contributed by atoms with Gasteiger partial charge in [0.2, 0.25) is 14.6 Å². The lowest BCUT2D eigenvalue weighted by Crippen LogP contribution is -2.06. The molecule has 0 aliphatic carbocycles. The number of fused-ring (bicyclic) bond motifs is 1. The first-order valence-corrected chi connectivity index (χ1v) is 6.18. The van der Waals surface area contributed by atoms with Gasteiger partial charge in [0, 0.05) is 27.6 Å². The number of anilines is 1. The van der Waals surface area contributed by atoms with Gasteiger partial charge in [-0.1, -0.05) is 0 Å². The normalized spacial score (nSPS) is 16.9. The Morgan fingerprint density at radius 3 is 2.87 bits per heavy atom. The van der Waals surface area contributed by atoms with E-state index >= 15 is 0 Å². The maximum absolute atomic E-state index is 11.2. The molecule has 0 bridgehead atoms. The Balaban J connectivity index is 2.68. The smallest absolute Gasteiger partial charge is 0.358 e. The summed E-state index contributed by atoms with van der Waals surface area (Å²) < 4.78 is 24.7. The molecule has 7 nitrogen and oxygen atoms in total. The summed E-state index contributed by atoms with van der Waals surface area (Å²) in [6, 6.07) is 1.44. The zero-order chi connectivity index (χ0) is 11.2. The first-order valence-electron chi connectivity index (χ1n) is 3.73. The molecule has 15 heavy (non-hydrogen) atoms. The van der Waals surface area contributed by atoms with Gasteiger partial charge in [0.1, 0.15) is 0 Å². The zero-order valence-corrected chi connectivity index (χ0v) is 9.50. The molecule has 0 aromatic carbocycles. The van der Waals surface area contributed by atoms with Gasteiger partial charge in [-0.3, -0.25) is 4.72 Å². The van der Waals surface area contributed by atoms with Crippen LogP contribution >= 0.6 is 15.9 Å². The van der Waals surface area contributed by atoms with Crippen molar-refractivity contribution in [3.8, 4) is 0 Å². The third-order valence-corrected chi connectivity index (χ3v) is 3.44. The van der Waals surface area contributed by atoms with E-state index in [9.17, 15) is 18.5 Å². The number of halogens is 1. The van der Waals surface area contributed by atoms with Crippen molar-refractivity contribution in [2.75, 3.05) is 4.72 Å². The third-order valence-electron chi connectivity index (χ3n) is 1.83. The third kappa shape index (κ3) is 1.79. The Hall–Kier alpha value is -1.22. The van der Waals surface area contributed by atoms with E-state index in [1.54, 1.807) is 0 Å². The van der Waals surface area contributed by atoms with E-state index in [2.05, 4.69) is 25.6 Å². The second kappa shape index (κ2) is 3.14. The van der Waals surface area contributed by atoms with E-state index in [1.165, 1.54) is 6.07 Å². The molecule has 0 radical (unpaired) electrons. The number of hydrogen-bond acceptors (Lipinski definition) is 5. The highest BCUT2D eigenvalue weighted by atomic mass is 79.9. The molecule has 0 spiro atoms. The molecule has 0 amide bonds. The van der Waals surface area contributed by atoms with E-state index < -0.39 is 20.8 Å². The molecule has 0 fully saturated rings. The Bertz CT molecular complexity index is 556. The van der Waals surface area contributed by atoms with E-state index in [0.29, 0.717) is 5.56 Å². The number of nitrogens with one attached hydrogen (secondary N) is 1. The number of rotatable bonds is 1. The van der Waals surface area contributed by atoms with Crippen LogP contribution in [0.15, 0.2) is 10.7 Å². The summed E-state index contributed by atoms with van der Waals surface area (Å²) >= 11 is 2.98. The largest absolute Gasteiger partial charge is 0.389 e. The molecular formula is C6H4BrN3O4S. The minimum atomic E-state index is -3.49. The van der Waals surface area contributed by atoms with Gasteiger partial charge in [-0.05, 0) is 9.91 Å². The zero-order valence-electron chi connectivity index (χ0n) is 7.10. The van der Waals surface area contributed by atoms with Gasteiger partial charge in [-0.25, -0.2) is 8.42 Å². The first-order chi connectivity index (χ1) is 6.89. The van der Waals surface area contributed by atoms with Gasteiger partial charge in [-0.2, -0.15) is 0 Å². The summed E-state index contributed by atoms with van der Waals surface area (Å²) in [6.45, 7) is 0. The van der Waals surface area contributed by atoms with Crippen molar-refractivity contribution in [3.63, 3.8) is 0 Å². The van der Waals surface area contributed by atoms with Crippen molar-refractivity contribution < 1.29 is 13.3 Å². The maximum atomic E-state index is 11.2. The molecule has 1 aliphatic rings. The monoisotopic (exact) mass is 293 g/mol. The minimum Gasteiger partial charge on any atom is -0.358 e. The molecule has 0 unspecified atom stereocenters. The molecule has 2 rings (SSSR count). The van der Waals surface area contributed by atoms with Gasteiger partial charge in [0.05, 0.1) is 5.75 Å². The van der Waals surface area contributed by atoms with Gasteiger partial charge in [0.15, 0.2) is 5.69 Å². The van der Waals surface area contributed by atoms with Crippen molar-refractivity contribution in [2.45, 2.75) is 5.75 Å². The second-order valence-electron chi connectivity index (χ2n) is 2.92. The van der Waals surface area contributed by atoms with Crippen LogP contribution in [-0.2, 0) is 15.8 Å². The van der Waals surface area contributed by atoms with Crippen LogP contribution < -0.4 is 4.72 Å². The lowest BCUT2D eigenvalue weighted by Gasteiger charge is -1.99. The molecule has 0 saturated carbocycles. The van der Waals surface area contributed by atoms with Gasteiger partial charge < -0.3 is 10.1 Å². The SMILES string of the molecule is O=[N+]([O-])c1nc(Br)cc2c1NS(=O)(=O)C2. The average molecular weight is 294 g/mol. The molecule has 0 saturated heterocycles. The molecule has 2 heterocycles. The van der Waals surface area contributed by atoms with Crippen molar-refractivity contribution in [1.29, 1.82) is 0 Å². The van der Waals surface area contributed by atoms with E-state index in [0.717, 1.165) is 0 Å². The van der Waals surface area contributed by atoms with Crippen molar-refractivity contribution >= 4 is 37.5 Å². The van der Waals surface area contributed by atoms with Gasteiger partial charge in [0.25, 0.3) is 0 Å². The highest BCUT2D eigenvalue weighted by Crippen LogP contribution is 2.35. The molecular weight excluding hydrogens is 290 g/mol. The van der Waals surface area contributed by atoms with Crippen molar-refractivity contribution in [3.05, 3.63) is 26.3 Å². The fourth-order valence-electron chi connectivity index (χ4n) is 1.30. The van der Waals surface area contributed by atoms with Crippen LogP contribution in [0.5, 0.6) is 0 Å². The van der Waals surface area contributed by atoms with Crippen LogP contribution in [-0.4, -0.2) is 18.3 Å². The van der Waals surface area contributed by atoms with Crippen LogP contribution in [0.1, 0.15) is 5.56 Å². The fourth-order valence-corrected chi connectivity index (χ4v) is 2.99. The summed E-state index contributed by atoms with van der Waals surface area (Å²) in [5.41, 5.74) is 0.312. The van der Waals surface area contributed by atoms with Gasteiger partial charge in [-0.15, -0.1) is 0 Å². The molecule has 1 aromatic heterocycles. The summed E-state index contributed by atoms with van der Waals surface area (Å²) in [5.74, 6) is -0.745. The molecule has 9 heteroatoms. The highest BCUT2D eigenvalue weighted by molar-refractivity contribution is 9.10. The average Bonchev–Trinajstić information content (AvgIpc) is 2.36. The number of nitro groups is 1. The van der Waals surface area contributed by atoms with E-state index in [-0.39, 0.29) is 16.0 Å². The summed E-state index contributed by atoms with van der Waals surface area (Å²) in [5, 5.41) is 10.6. The molecule has 1 N–H and O–H groups in total. The lowest BCUT2D eigenvalue weighted by molar-refractivity contribution is -0.388. The predicted octanol–water partition coefficient (Wildman–Crippen LogP) is 1.01. The predicted molar refractivity (Wildman–Crippen MR) is 54.8 cm³/mol. The molecule has 80 valence electrons. The Kier molecular flexibility index (Phi) is 2.15. The topological polar surface area (TPSA) is 102 Å². The Morgan fingerprint density at radius 1 is 1.60 bits per heavy atom. The number of hydrogen-bond donors (Lipinski definition) is 1. The van der Waals surface area contributed by atoms with Crippen LogP contribution in [0.2, 0.25) is 0 Å². The van der Waals surface area contributed by atoms with E-state index in [1.807, 2.05) is 0 Å². The molecule has 1 aromatic rings. The van der Waals surface area contributed by atoms with Crippen LogP contribution in [0, 0.1) is 10.1 Å². The summed E-state index contributed by atoms with van der Waals surface area (Å²) in [6.07, 6.45) is 0. The summed E-state index contributed by atoms with van der Waals surface area (Å²) in [7, 11) is -3.49. The second-order valence-corrected chi connectivity index (χ2v) is 5.46. The van der Waals surface area contributed by atoms with Crippen molar-refractivity contribution in [1.82, 2.24) is 4.98 Å². The lowest BCUT2D eigenvalue weighted by atomic mass is 10.2.